The monoisotopic (exact) mass is 332 g/mol. The maximum absolute atomic E-state index is 11.6. The van der Waals surface area contributed by atoms with Gasteiger partial charge in [-0.25, -0.2) is 9.59 Å². The molecule has 116 valence electrons. The number of hydrogen-bond acceptors (Lipinski definition) is 4. The van der Waals surface area contributed by atoms with Crippen molar-refractivity contribution in [3.63, 3.8) is 0 Å². The van der Waals surface area contributed by atoms with Gasteiger partial charge in [0.1, 0.15) is 0 Å². The summed E-state index contributed by atoms with van der Waals surface area (Å²) >= 11 is 7.32. The molecule has 1 aliphatic heterocycles. The third-order valence-electron chi connectivity index (χ3n) is 3.16. The van der Waals surface area contributed by atoms with Crippen LogP contribution in [0.1, 0.15) is 17.7 Å². The zero-order valence-corrected chi connectivity index (χ0v) is 12.9. The second-order valence-electron chi connectivity index (χ2n) is 4.75. The Morgan fingerprint density at radius 1 is 1.38 bits per heavy atom. The van der Waals surface area contributed by atoms with Gasteiger partial charge in [0.15, 0.2) is 6.10 Å². The van der Waals surface area contributed by atoms with Gasteiger partial charge in [0, 0.05) is 18.0 Å². The third kappa shape index (κ3) is 5.18. The van der Waals surface area contributed by atoms with E-state index in [1.807, 2.05) is 12.1 Å². The van der Waals surface area contributed by atoms with Crippen molar-refractivity contribution in [3.05, 3.63) is 21.3 Å². The molecule has 1 saturated heterocycles. The first-order chi connectivity index (χ1) is 10.0. The van der Waals surface area contributed by atoms with Crippen LogP contribution in [0.2, 0.25) is 4.34 Å². The third-order valence-corrected chi connectivity index (χ3v) is 4.45. The Bertz CT molecular complexity index is 508. The molecule has 0 saturated carbocycles. The molecule has 21 heavy (non-hydrogen) atoms. The Hall–Kier alpha value is -1.31. The number of urea groups is 1. The Morgan fingerprint density at radius 3 is 2.81 bits per heavy atom. The van der Waals surface area contributed by atoms with Crippen molar-refractivity contribution in [2.45, 2.75) is 31.5 Å². The zero-order valence-electron chi connectivity index (χ0n) is 11.3. The van der Waals surface area contributed by atoms with Gasteiger partial charge in [0.2, 0.25) is 0 Å². The highest BCUT2D eigenvalue weighted by Crippen LogP contribution is 2.21. The quantitative estimate of drug-likeness (QED) is 0.742. The fourth-order valence-corrected chi connectivity index (χ4v) is 3.18. The van der Waals surface area contributed by atoms with E-state index in [2.05, 4.69) is 10.6 Å². The van der Waals surface area contributed by atoms with E-state index in [0.717, 1.165) is 15.6 Å². The summed E-state index contributed by atoms with van der Waals surface area (Å²) in [5.41, 5.74) is 0. The van der Waals surface area contributed by atoms with Crippen molar-refractivity contribution in [2.75, 3.05) is 13.1 Å². The van der Waals surface area contributed by atoms with Crippen LogP contribution in [-0.2, 0) is 16.0 Å². The summed E-state index contributed by atoms with van der Waals surface area (Å²) in [5.74, 6) is -0.948. The molecular formula is C13H17ClN2O4S. The number of carboxylic acids is 1. The molecule has 1 fully saturated rings. The Balaban J connectivity index is 1.59. The van der Waals surface area contributed by atoms with E-state index in [0.29, 0.717) is 25.9 Å². The zero-order chi connectivity index (χ0) is 15.2. The predicted octanol–water partition coefficient (Wildman–Crippen LogP) is 1.88. The Morgan fingerprint density at radius 2 is 2.19 bits per heavy atom. The van der Waals surface area contributed by atoms with Crippen LogP contribution < -0.4 is 10.6 Å². The molecule has 1 aromatic rings. The molecule has 1 aliphatic rings. The molecule has 1 aromatic heterocycles. The van der Waals surface area contributed by atoms with E-state index in [1.54, 1.807) is 0 Å². The molecule has 2 unspecified atom stereocenters. The van der Waals surface area contributed by atoms with Gasteiger partial charge in [0.05, 0.1) is 10.4 Å². The number of amides is 2. The van der Waals surface area contributed by atoms with Crippen LogP contribution in [-0.4, -0.2) is 42.4 Å². The van der Waals surface area contributed by atoms with Gasteiger partial charge in [-0.1, -0.05) is 11.6 Å². The highest BCUT2D eigenvalue weighted by atomic mass is 35.5. The van der Waals surface area contributed by atoms with Gasteiger partial charge >= 0.3 is 12.0 Å². The van der Waals surface area contributed by atoms with Crippen LogP contribution in [0.4, 0.5) is 4.79 Å². The number of carbonyl (C=O) groups excluding carboxylic acids is 1. The first-order valence-corrected chi connectivity index (χ1v) is 7.88. The lowest BCUT2D eigenvalue weighted by Crippen LogP contribution is -2.40. The number of carboxylic acid groups (broad SMARTS) is 1. The van der Waals surface area contributed by atoms with Gasteiger partial charge in [-0.15, -0.1) is 11.3 Å². The SMILES string of the molecule is O=C(NCCc1ccc(Cl)s1)NCC1CCC(C(=O)O)O1. The number of aliphatic carboxylic acids is 1. The molecule has 6 nitrogen and oxygen atoms in total. The maximum atomic E-state index is 11.6. The summed E-state index contributed by atoms with van der Waals surface area (Å²) in [6.45, 7) is 0.840. The summed E-state index contributed by atoms with van der Waals surface area (Å²) in [7, 11) is 0. The minimum absolute atomic E-state index is 0.229. The van der Waals surface area contributed by atoms with E-state index >= 15 is 0 Å². The molecule has 2 heterocycles. The van der Waals surface area contributed by atoms with Gasteiger partial charge < -0.3 is 20.5 Å². The number of halogens is 1. The van der Waals surface area contributed by atoms with Crippen LogP contribution in [0.15, 0.2) is 12.1 Å². The largest absolute Gasteiger partial charge is 0.479 e. The highest BCUT2D eigenvalue weighted by Gasteiger charge is 2.30. The van der Waals surface area contributed by atoms with Gasteiger partial charge in [-0.2, -0.15) is 0 Å². The van der Waals surface area contributed by atoms with Gasteiger partial charge in [-0.05, 0) is 31.4 Å². The van der Waals surface area contributed by atoms with E-state index in [-0.39, 0.29) is 12.1 Å². The van der Waals surface area contributed by atoms with Crippen LogP contribution in [0.25, 0.3) is 0 Å². The number of rotatable bonds is 6. The number of thiophene rings is 1. The molecule has 0 aliphatic carbocycles. The number of carbonyl (C=O) groups is 2. The summed E-state index contributed by atoms with van der Waals surface area (Å²) in [5, 5.41) is 14.2. The van der Waals surface area contributed by atoms with Crippen molar-refractivity contribution >= 4 is 34.9 Å². The minimum Gasteiger partial charge on any atom is -0.479 e. The molecule has 0 spiro atoms. The maximum Gasteiger partial charge on any atom is 0.332 e. The molecular weight excluding hydrogens is 316 g/mol. The lowest BCUT2D eigenvalue weighted by atomic mass is 10.2. The number of hydrogen-bond donors (Lipinski definition) is 3. The molecule has 2 atom stereocenters. The average molecular weight is 333 g/mol. The van der Waals surface area contributed by atoms with Gasteiger partial charge in [-0.3, -0.25) is 0 Å². The van der Waals surface area contributed by atoms with Crippen LogP contribution in [0.3, 0.4) is 0 Å². The van der Waals surface area contributed by atoms with Crippen LogP contribution >= 0.6 is 22.9 Å². The topological polar surface area (TPSA) is 87.7 Å². The van der Waals surface area contributed by atoms with E-state index in [9.17, 15) is 9.59 Å². The molecule has 8 heteroatoms. The second kappa shape index (κ2) is 7.63. The molecule has 2 rings (SSSR count). The highest BCUT2D eigenvalue weighted by molar-refractivity contribution is 7.16. The number of nitrogens with one attached hydrogen (secondary N) is 2. The fraction of sp³-hybridized carbons (Fsp3) is 0.538. The molecule has 2 amide bonds. The Kier molecular flexibility index (Phi) is 5.84. The summed E-state index contributed by atoms with van der Waals surface area (Å²) in [4.78, 5) is 23.4. The fourth-order valence-electron chi connectivity index (χ4n) is 2.09. The first kappa shape index (κ1) is 16.1. The summed E-state index contributed by atoms with van der Waals surface area (Å²) in [6, 6.07) is 3.49. The van der Waals surface area contributed by atoms with Gasteiger partial charge in [0.25, 0.3) is 0 Å². The lowest BCUT2D eigenvalue weighted by molar-refractivity contribution is -0.149. The minimum atomic E-state index is -0.948. The van der Waals surface area contributed by atoms with Crippen molar-refractivity contribution in [2.24, 2.45) is 0 Å². The summed E-state index contributed by atoms with van der Waals surface area (Å²) in [6.07, 6.45) is 0.885. The predicted molar refractivity (Wildman–Crippen MR) is 80.0 cm³/mol. The van der Waals surface area contributed by atoms with Crippen LogP contribution in [0, 0.1) is 0 Å². The van der Waals surface area contributed by atoms with Crippen molar-refractivity contribution < 1.29 is 19.4 Å². The normalized spacial score (nSPS) is 21.2. The molecule has 0 aromatic carbocycles. The standard InChI is InChI=1S/C13H17ClN2O4S/c14-11-4-2-9(21-11)5-6-15-13(19)16-7-8-1-3-10(20-8)12(17)18/h2,4,8,10H,1,3,5-7H2,(H,17,18)(H2,15,16,19). The lowest BCUT2D eigenvalue weighted by Gasteiger charge is -2.12. The molecule has 3 N–H and O–H groups in total. The number of ether oxygens (including phenoxy) is 1. The van der Waals surface area contributed by atoms with E-state index < -0.39 is 12.1 Å². The smallest absolute Gasteiger partial charge is 0.332 e. The molecule has 0 radical (unpaired) electrons. The van der Waals surface area contributed by atoms with E-state index in [4.69, 9.17) is 21.4 Å². The second-order valence-corrected chi connectivity index (χ2v) is 6.55. The van der Waals surface area contributed by atoms with Crippen LogP contribution in [0.5, 0.6) is 0 Å². The van der Waals surface area contributed by atoms with E-state index in [1.165, 1.54) is 11.3 Å². The first-order valence-electron chi connectivity index (χ1n) is 6.69. The van der Waals surface area contributed by atoms with Crippen molar-refractivity contribution in [1.29, 1.82) is 0 Å². The van der Waals surface area contributed by atoms with Crippen molar-refractivity contribution in [3.8, 4) is 0 Å². The molecule has 0 bridgehead atoms. The van der Waals surface area contributed by atoms with Crippen molar-refractivity contribution in [1.82, 2.24) is 10.6 Å². The average Bonchev–Trinajstić information content (AvgIpc) is 3.05. The Labute approximate surface area is 131 Å². The summed E-state index contributed by atoms with van der Waals surface area (Å²) < 4.78 is 6.03.